The van der Waals surface area contributed by atoms with Crippen molar-refractivity contribution >= 4 is 38.8 Å². The average Bonchev–Trinajstić information content (AvgIpc) is 3.41. The Balaban J connectivity index is 1.44. The van der Waals surface area contributed by atoms with Crippen molar-refractivity contribution < 1.29 is 4.79 Å². The molecule has 0 spiro atoms. The van der Waals surface area contributed by atoms with Crippen LogP contribution < -0.4 is 10.6 Å². The van der Waals surface area contributed by atoms with Crippen LogP contribution in [0.4, 0.5) is 5.82 Å². The Morgan fingerprint density at radius 3 is 2.71 bits per heavy atom. The van der Waals surface area contributed by atoms with Gasteiger partial charge < -0.3 is 10.6 Å². The number of carbonyl (C=O) groups is 1. The van der Waals surface area contributed by atoms with E-state index in [-0.39, 0.29) is 5.91 Å². The molecule has 0 aliphatic heterocycles. The van der Waals surface area contributed by atoms with Gasteiger partial charge in [0.05, 0.1) is 17.6 Å². The Labute approximate surface area is 208 Å². The van der Waals surface area contributed by atoms with E-state index >= 15 is 0 Å². The first-order chi connectivity index (χ1) is 17.1. The van der Waals surface area contributed by atoms with Crippen LogP contribution in [-0.4, -0.2) is 32.9 Å². The maximum absolute atomic E-state index is 12.4. The first-order valence-corrected chi connectivity index (χ1v) is 12.9. The predicted octanol–water partition coefficient (Wildman–Crippen LogP) is 6.24. The van der Waals surface area contributed by atoms with Crippen LogP contribution in [0.5, 0.6) is 0 Å². The lowest BCUT2D eigenvalue weighted by Crippen LogP contribution is -2.25. The molecule has 1 fully saturated rings. The van der Waals surface area contributed by atoms with E-state index < -0.39 is 0 Å². The van der Waals surface area contributed by atoms with E-state index in [1.54, 1.807) is 11.3 Å². The molecule has 0 saturated heterocycles. The van der Waals surface area contributed by atoms with Crippen LogP contribution in [0.2, 0.25) is 0 Å². The number of benzene rings is 2. The highest BCUT2D eigenvalue weighted by molar-refractivity contribution is 7.17. The molecular weight excluding hydrogens is 454 g/mol. The van der Waals surface area contributed by atoms with Crippen molar-refractivity contribution in [1.29, 1.82) is 0 Å². The van der Waals surface area contributed by atoms with Crippen LogP contribution in [0.25, 0.3) is 38.2 Å². The van der Waals surface area contributed by atoms with Crippen LogP contribution in [0.1, 0.15) is 37.0 Å². The fourth-order valence-electron chi connectivity index (χ4n) is 4.22. The normalized spacial score (nSPS) is 13.6. The number of amides is 1. The van der Waals surface area contributed by atoms with E-state index in [0.717, 1.165) is 53.4 Å². The molecule has 0 bridgehead atoms. The highest BCUT2D eigenvalue weighted by Crippen LogP contribution is 2.35. The monoisotopic (exact) mass is 481 g/mol. The lowest BCUT2D eigenvalue weighted by molar-refractivity contribution is 0.0951. The number of carbonyl (C=O) groups excluding carboxylic acids is 1. The second-order valence-electron chi connectivity index (χ2n) is 9.56. The molecule has 0 unspecified atom stereocenters. The number of thiophene rings is 1. The molecule has 1 aliphatic rings. The van der Waals surface area contributed by atoms with Gasteiger partial charge in [-0.3, -0.25) is 9.20 Å². The highest BCUT2D eigenvalue weighted by atomic mass is 32.1. The van der Waals surface area contributed by atoms with E-state index in [9.17, 15) is 4.79 Å². The van der Waals surface area contributed by atoms with Crippen molar-refractivity contribution in [1.82, 2.24) is 19.7 Å². The van der Waals surface area contributed by atoms with Gasteiger partial charge in [-0.1, -0.05) is 44.2 Å². The molecule has 5 aromatic rings. The fourth-order valence-corrected chi connectivity index (χ4v) is 5.17. The number of hydrogen-bond acceptors (Lipinski definition) is 5. The Morgan fingerprint density at radius 1 is 1.14 bits per heavy atom. The molecule has 3 aromatic heterocycles. The van der Waals surface area contributed by atoms with E-state index in [2.05, 4.69) is 64.7 Å². The molecule has 6 rings (SSSR count). The second kappa shape index (κ2) is 8.82. The van der Waals surface area contributed by atoms with Crippen LogP contribution >= 0.6 is 11.3 Å². The minimum Gasteiger partial charge on any atom is -0.367 e. The molecule has 3 heterocycles. The summed E-state index contributed by atoms with van der Waals surface area (Å²) in [7, 11) is 0. The lowest BCUT2D eigenvalue weighted by atomic mass is 10.1. The fraction of sp³-hybridized carbons (Fsp3) is 0.250. The number of anilines is 1. The van der Waals surface area contributed by atoms with Gasteiger partial charge in [-0.2, -0.15) is 0 Å². The van der Waals surface area contributed by atoms with Crippen molar-refractivity contribution in [2.24, 2.45) is 5.92 Å². The van der Waals surface area contributed by atoms with Gasteiger partial charge in [-0.15, -0.1) is 11.3 Å². The Kier molecular flexibility index (Phi) is 5.49. The summed E-state index contributed by atoms with van der Waals surface area (Å²) in [5, 5.41) is 9.93. The number of nitrogens with one attached hydrogen (secondary N) is 2. The van der Waals surface area contributed by atoms with Gasteiger partial charge in [0.2, 0.25) is 0 Å². The first kappa shape index (κ1) is 21.8. The molecule has 176 valence electrons. The van der Waals surface area contributed by atoms with Gasteiger partial charge in [0, 0.05) is 50.9 Å². The molecule has 1 amide bonds. The van der Waals surface area contributed by atoms with Gasteiger partial charge in [0.15, 0.2) is 11.5 Å². The number of aromatic nitrogens is 3. The molecule has 0 radical (unpaired) electrons. The van der Waals surface area contributed by atoms with Gasteiger partial charge in [0.1, 0.15) is 0 Å². The molecule has 1 saturated carbocycles. The third-order valence-corrected chi connectivity index (χ3v) is 7.25. The molecule has 2 aromatic carbocycles. The number of imidazole rings is 1. The summed E-state index contributed by atoms with van der Waals surface area (Å²) < 4.78 is 3.35. The highest BCUT2D eigenvalue weighted by Gasteiger charge is 2.24. The summed E-state index contributed by atoms with van der Waals surface area (Å²) in [6.45, 7) is 5.17. The Morgan fingerprint density at radius 2 is 1.94 bits per heavy atom. The second-order valence-corrected chi connectivity index (χ2v) is 10.5. The standard InChI is InChI=1S/C28H27N5OS/c1-17(2)13-29-26-27-30-14-24(18-7-9-19(10-8-18)28(34)31-20-11-12-20)33(27)15-23(32-26)22-16-35-25-6-4-3-5-21(22)25/h3-10,14-17,20H,11-13H2,1-2H3,(H,29,32)(H,31,34). The van der Waals surface area contributed by atoms with Crippen LogP contribution in [0.3, 0.4) is 0 Å². The van der Waals surface area contributed by atoms with Gasteiger partial charge in [0.25, 0.3) is 5.91 Å². The number of nitrogens with zero attached hydrogens (tertiary/aromatic N) is 3. The van der Waals surface area contributed by atoms with E-state index in [4.69, 9.17) is 9.97 Å². The summed E-state index contributed by atoms with van der Waals surface area (Å²) >= 11 is 1.73. The predicted molar refractivity (Wildman–Crippen MR) is 143 cm³/mol. The number of fused-ring (bicyclic) bond motifs is 2. The summed E-state index contributed by atoms with van der Waals surface area (Å²) in [6, 6.07) is 16.5. The van der Waals surface area contributed by atoms with Gasteiger partial charge in [-0.05, 0) is 37.0 Å². The maximum atomic E-state index is 12.4. The van der Waals surface area contributed by atoms with E-state index in [1.807, 2.05) is 30.5 Å². The lowest BCUT2D eigenvalue weighted by Gasteiger charge is -2.12. The minimum atomic E-state index is -0.00631. The molecule has 2 N–H and O–H groups in total. The van der Waals surface area contributed by atoms with Gasteiger partial charge >= 0.3 is 0 Å². The van der Waals surface area contributed by atoms with Crippen molar-refractivity contribution in [3.8, 4) is 22.5 Å². The first-order valence-electron chi connectivity index (χ1n) is 12.1. The van der Waals surface area contributed by atoms with Gasteiger partial charge in [-0.25, -0.2) is 9.97 Å². The Bertz CT molecular complexity index is 1530. The quantitative estimate of drug-likeness (QED) is 0.289. The molecule has 0 atom stereocenters. The maximum Gasteiger partial charge on any atom is 0.251 e. The average molecular weight is 482 g/mol. The largest absolute Gasteiger partial charge is 0.367 e. The van der Waals surface area contributed by atoms with Crippen LogP contribution in [0, 0.1) is 5.92 Å². The number of hydrogen-bond donors (Lipinski definition) is 2. The minimum absolute atomic E-state index is 0.00631. The summed E-state index contributed by atoms with van der Waals surface area (Å²) in [5.41, 5.74) is 5.46. The SMILES string of the molecule is CC(C)CNc1nc(-c2csc3ccccc23)cn2c(-c3ccc(C(=O)NC4CC4)cc3)cnc12. The van der Waals surface area contributed by atoms with E-state index in [1.165, 1.54) is 10.1 Å². The molecule has 7 heteroatoms. The molecule has 1 aliphatic carbocycles. The summed E-state index contributed by atoms with van der Waals surface area (Å²) in [6.07, 6.45) is 6.11. The van der Waals surface area contributed by atoms with Crippen molar-refractivity contribution in [2.45, 2.75) is 32.7 Å². The third-order valence-electron chi connectivity index (χ3n) is 6.28. The Hall–Kier alpha value is -3.71. The van der Waals surface area contributed by atoms with Crippen LogP contribution in [0.15, 0.2) is 66.3 Å². The topological polar surface area (TPSA) is 71.3 Å². The zero-order valence-electron chi connectivity index (χ0n) is 19.8. The summed E-state index contributed by atoms with van der Waals surface area (Å²) in [5.74, 6) is 1.25. The summed E-state index contributed by atoms with van der Waals surface area (Å²) in [4.78, 5) is 22.1. The number of rotatable bonds is 7. The third kappa shape index (κ3) is 4.28. The van der Waals surface area contributed by atoms with Crippen molar-refractivity contribution in [3.05, 3.63) is 71.9 Å². The zero-order valence-corrected chi connectivity index (χ0v) is 20.6. The zero-order chi connectivity index (χ0) is 23.9. The smallest absolute Gasteiger partial charge is 0.251 e. The van der Waals surface area contributed by atoms with Crippen LogP contribution in [-0.2, 0) is 0 Å². The molecule has 35 heavy (non-hydrogen) atoms. The molecular formula is C28H27N5OS. The van der Waals surface area contributed by atoms with Crippen molar-refractivity contribution in [2.75, 3.05) is 11.9 Å². The van der Waals surface area contributed by atoms with Crippen molar-refractivity contribution in [3.63, 3.8) is 0 Å². The molecule has 6 nitrogen and oxygen atoms in total. The van der Waals surface area contributed by atoms with E-state index in [0.29, 0.717) is 17.5 Å².